The maximum Gasteiger partial charge on any atom is 0.250 e. The van der Waals surface area contributed by atoms with Gasteiger partial charge < -0.3 is 16.0 Å². The molecule has 3 N–H and O–H groups in total. The van der Waals surface area contributed by atoms with Gasteiger partial charge in [0.25, 0.3) is 5.91 Å². The van der Waals surface area contributed by atoms with E-state index in [1.807, 2.05) is 12.1 Å². The highest BCUT2D eigenvalue weighted by molar-refractivity contribution is 6.31. The van der Waals surface area contributed by atoms with Crippen LogP contribution in [0, 0.1) is 5.92 Å². The van der Waals surface area contributed by atoms with E-state index in [2.05, 4.69) is 10.2 Å². The van der Waals surface area contributed by atoms with Gasteiger partial charge in [-0.2, -0.15) is 0 Å². The van der Waals surface area contributed by atoms with Crippen molar-refractivity contribution in [3.05, 3.63) is 28.8 Å². The molecule has 2 aliphatic rings. The van der Waals surface area contributed by atoms with E-state index < -0.39 is 5.91 Å². The van der Waals surface area contributed by atoms with Crippen molar-refractivity contribution >= 4 is 23.2 Å². The van der Waals surface area contributed by atoms with Crippen molar-refractivity contribution in [3.8, 4) is 0 Å². The minimum atomic E-state index is -0.416. The van der Waals surface area contributed by atoms with E-state index in [0.29, 0.717) is 22.5 Å². The fourth-order valence-electron chi connectivity index (χ4n) is 3.22. The Hall–Kier alpha value is -1.26. The highest BCUT2D eigenvalue weighted by Gasteiger charge is 2.35. The Labute approximate surface area is 117 Å². The normalized spacial score (nSPS) is 26.3. The van der Waals surface area contributed by atoms with E-state index in [4.69, 9.17) is 17.3 Å². The van der Waals surface area contributed by atoms with Gasteiger partial charge in [-0.15, -0.1) is 0 Å². The van der Waals surface area contributed by atoms with Crippen molar-refractivity contribution in [2.75, 3.05) is 24.5 Å². The van der Waals surface area contributed by atoms with Gasteiger partial charge >= 0.3 is 0 Å². The lowest BCUT2D eigenvalue weighted by molar-refractivity contribution is 0.100. The Bertz CT molecular complexity index is 491. The number of halogens is 1. The van der Waals surface area contributed by atoms with Gasteiger partial charge in [-0.05, 0) is 43.5 Å². The Morgan fingerprint density at radius 2 is 2.26 bits per heavy atom. The number of anilines is 1. The van der Waals surface area contributed by atoms with Crippen LogP contribution in [0.5, 0.6) is 0 Å². The predicted molar refractivity (Wildman–Crippen MR) is 76.7 cm³/mol. The van der Waals surface area contributed by atoms with Crippen LogP contribution in [0.4, 0.5) is 5.69 Å². The zero-order valence-electron chi connectivity index (χ0n) is 10.7. The molecule has 2 atom stereocenters. The molecule has 2 fully saturated rings. The van der Waals surface area contributed by atoms with Crippen molar-refractivity contribution < 1.29 is 4.79 Å². The Balaban J connectivity index is 1.88. The maximum absolute atomic E-state index is 11.6. The molecule has 0 bridgehead atoms. The molecule has 4 nitrogen and oxygen atoms in total. The van der Waals surface area contributed by atoms with Gasteiger partial charge in [0.1, 0.15) is 0 Å². The van der Waals surface area contributed by atoms with Crippen LogP contribution >= 0.6 is 11.6 Å². The minimum absolute atomic E-state index is 0.416. The number of fused-ring (bicyclic) bond motifs is 1. The molecule has 1 amide bonds. The molecule has 102 valence electrons. The van der Waals surface area contributed by atoms with Crippen LogP contribution in [0.2, 0.25) is 5.02 Å². The van der Waals surface area contributed by atoms with Crippen molar-refractivity contribution in [1.82, 2.24) is 5.32 Å². The van der Waals surface area contributed by atoms with Crippen LogP contribution in [-0.2, 0) is 0 Å². The molecular formula is C14H18ClN3O. The summed E-state index contributed by atoms with van der Waals surface area (Å²) in [5.41, 5.74) is 6.89. The lowest BCUT2D eigenvalue weighted by Crippen LogP contribution is -2.40. The summed E-state index contributed by atoms with van der Waals surface area (Å²) in [7, 11) is 0. The number of nitrogens with two attached hydrogens (primary N) is 1. The lowest BCUT2D eigenvalue weighted by atomic mass is 9.94. The molecular weight excluding hydrogens is 262 g/mol. The number of hydrogen-bond donors (Lipinski definition) is 2. The number of primary amides is 1. The van der Waals surface area contributed by atoms with Crippen molar-refractivity contribution in [2.45, 2.75) is 18.9 Å². The fourth-order valence-corrected chi connectivity index (χ4v) is 3.40. The molecule has 2 saturated heterocycles. The Kier molecular flexibility index (Phi) is 3.37. The molecule has 0 spiro atoms. The van der Waals surface area contributed by atoms with Crippen molar-refractivity contribution in [3.63, 3.8) is 0 Å². The minimum Gasteiger partial charge on any atom is -0.369 e. The standard InChI is InChI=1S/C14H18ClN3O/c15-10-3-4-13(11(6-10)14(16)19)18-7-9-2-1-5-17-12(9)8-18/h3-4,6,9,12,17H,1-2,5,7-8H2,(H2,16,19). The highest BCUT2D eigenvalue weighted by Crippen LogP contribution is 2.32. The van der Waals surface area contributed by atoms with Crippen LogP contribution in [-0.4, -0.2) is 31.6 Å². The predicted octanol–water partition coefficient (Wildman–Crippen LogP) is 1.63. The van der Waals surface area contributed by atoms with E-state index >= 15 is 0 Å². The summed E-state index contributed by atoms with van der Waals surface area (Å²) in [6, 6.07) is 5.91. The summed E-state index contributed by atoms with van der Waals surface area (Å²) in [5.74, 6) is 0.255. The molecule has 19 heavy (non-hydrogen) atoms. The van der Waals surface area contributed by atoms with E-state index in [-0.39, 0.29) is 0 Å². The molecule has 0 saturated carbocycles. The first kappa shape index (κ1) is 12.8. The van der Waals surface area contributed by atoms with Crippen LogP contribution < -0.4 is 16.0 Å². The summed E-state index contributed by atoms with van der Waals surface area (Å²) >= 11 is 5.95. The van der Waals surface area contributed by atoms with Crippen LogP contribution in [0.1, 0.15) is 23.2 Å². The first-order chi connectivity index (χ1) is 9.15. The highest BCUT2D eigenvalue weighted by atomic mass is 35.5. The average Bonchev–Trinajstić information content (AvgIpc) is 2.82. The second-order valence-corrected chi connectivity index (χ2v) is 5.83. The van der Waals surface area contributed by atoms with Gasteiger partial charge in [-0.1, -0.05) is 11.6 Å². The first-order valence-electron chi connectivity index (χ1n) is 6.73. The smallest absolute Gasteiger partial charge is 0.250 e. The van der Waals surface area contributed by atoms with E-state index in [0.717, 1.165) is 25.3 Å². The molecule has 2 aliphatic heterocycles. The molecule has 1 aromatic rings. The largest absolute Gasteiger partial charge is 0.369 e. The third-order valence-electron chi connectivity index (χ3n) is 4.16. The summed E-state index contributed by atoms with van der Waals surface area (Å²) in [6.07, 6.45) is 2.49. The number of amides is 1. The van der Waals surface area contributed by atoms with Gasteiger partial charge in [0.15, 0.2) is 0 Å². The fraction of sp³-hybridized carbons (Fsp3) is 0.500. The number of nitrogens with zero attached hydrogens (tertiary/aromatic N) is 1. The van der Waals surface area contributed by atoms with Gasteiger partial charge in [0.2, 0.25) is 0 Å². The molecule has 5 heteroatoms. The molecule has 2 unspecified atom stereocenters. The SMILES string of the molecule is NC(=O)c1cc(Cl)ccc1N1CC2CCCNC2C1. The topological polar surface area (TPSA) is 58.4 Å². The maximum atomic E-state index is 11.6. The summed E-state index contributed by atoms with van der Waals surface area (Å²) in [4.78, 5) is 13.8. The molecule has 0 aliphatic carbocycles. The molecule has 3 rings (SSSR count). The van der Waals surface area contributed by atoms with Crippen LogP contribution in [0.25, 0.3) is 0 Å². The number of benzene rings is 1. The van der Waals surface area contributed by atoms with E-state index in [1.165, 1.54) is 12.8 Å². The van der Waals surface area contributed by atoms with Crippen molar-refractivity contribution in [2.24, 2.45) is 11.7 Å². The number of hydrogen-bond acceptors (Lipinski definition) is 3. The second kappa shape index (κ2) is 5.02. The van der Waals surface area contributed by atoms with Crippen molar-refractivity contribution in [1.29, 1.82) is 0 Å². The zero-order valence-corrected chi connectivity index (χ0v) is 11.5. The van der Waals surface area contributed by atoms with Gasteiger partial charge in [0.05, 0.1) is 5.56 Å². The quantitative estimate of drug-likeness (QED) is 0.865. The average molecular weight is 280 g/mol. The second-order valence-electron chi connectivity index (χ2n) is 5.39. The first-order valence-corrected chi connectivity index (χ1v) is 7.10. The zero-order chi connectivity index (χ0) is 13.4. The summed E-state index contributed by atoms with van der Waals surface area (Å²) < 4.78 is 0. The van der Waals surface area contributed by atoms with Crippen LogP contribution in [0.3, 0.4) is 0 Å². The summed E-state index contributed by atoms with van der Waals surface area (Å²) in [6.45, 7) is 3.02. The molecule has 2 heterocycles. The molecule has 0 aromatic heterocycles. The Morgan fingerprint density at radius 1 is 1.42 bits per heavy atom. The molecule has 0 radical (unpaired) electrons. The Morgan fingerprint density at radius 3 is 3.00 bits per heavy atom. The third kappa shape index (κ3) is 2.42. The van der Waals surface area contributed by atoms with E-state index in [1.54, 1.807) is 6.07 Å². The number of nitrogens with one attached hydrogen (secondary N) is 1. The van der Waals surface area contributed by atoms with Gasteiger partial charge in [-0.3, -0.25) is 4.79 Å². The lowest BCUT2D eigenvalue weighted by Gasteiger charge is -2.24. The third-order valence-corrected chi connectivity index (χ3v) is 4.40. The van der Waals surface area contributed by atoms with Gasteiger partial charge in [-0.25, -0.2) is 0 Å². The van der Waals surface area contributed by atoms with Crippen LogP contribution in [0.15, 0.2) is 18.2 Å². The van der Waals surface area contributed by atoms with E-state index in [9.17, 15) is 4.79 Å². The number of piperidine rings is 1. The van der Waals surface area contributed by atoms with Gasteiger partial charge in [0, 0.05) is 29.8 Å². The monoisotopic (exact) mass is 279 g/mol. The molecule has 1 aromatic carbocycles. The number of carbonyl (C=O) groups is 1. The summed E-state index contributed by atoms with van der Waals surface area (Å²) in [5, 5.41) is 4.11. The number of rotatable bonds is 2. The number of carbonyl (C=O) groups excluding carboxylic acids is 1.